The molecule has 0 bridgehead atoms. The molecule has 1 atom stereocenters. The molecule has 0 aromatic heterocycles. The molecule has 0 fully saturated rings. The fourth-order valence-electron chi connectivity index (χ4n) is 2.12. The maximum atomic E-state index is 12.2. The molecule has 0 saturated heterocycles. The number of amides is 3. The average molecular weight is 289 g/mol. The first-order valence-corrected chi connectivity index (χ1v) is 6.85. The Morgan fingerprint density at radius 3 is 2.57 bits per heavy atom. The molecule has 1 aliphatic rings. The van der Waals surface area contributed by atoms with Gasteiger partial charge in [0.15, 0.2) is 0 Å². The number of hydrogen-bond donors (Lipinski definition) is 2. The van der Waals surface area contributed by atoms with E-state index in [1.165, 1.54) is 0 Å². The molecule has 0 saturated carbocycles. The van der Waals surface area contributed by atoms with Gasteiger partial charge >= 0.3 is 0 Å². The van der Waals surface area contributed by atoms with Crippen LogP contribution in [0.1, 0.15) is 33.2 Å². The van der Waals surface area contributed by atoms with Gasteiger partial charge in [-0.15, -0.1) is 0 Å². The number of fused-ring (bicyclic) bond motifs is 1. The van der Waals surface area contributed by atoms with Gasteiger partial charge in [0.1, 0.15) is 6.54 Å². The minimum Gasteiger partial charge on any atom is -0.353 e. The van der Waals surface area contributed by atoms with Crippen LogP contribution in [0, 0.1) is 6.92 Å². The summed E-state index contributed by atoms with van der Waals surface area (Å²) in [5, 5.41) is 5.68. The Morgan fingerprint density at radius 2 is 1.90 bits per heavy atom. The number of imide groups is 1. The molecule has 6 nitrogen and oxygen atoms in total. The van der Waals surface area contributed by atoms with Crippen molar-refractivity contribution in [3.8, 4) is 0 Å². The summed E-state index contributed by atoms with van der Waals surface area (Å²) in [6.45, 7) is 3.97. The van der Waals surface area contributed by atoms with Crippen molar-refractivity contribution in [1.29, 1.82) is 0 Å². The third kappa shape index (κ3) is 3.11. The summed E-state index contributed by atoms with van der Waals surface area (Å²) >= 11 is 0. The highest BCUT2D eigenvalue weighted by molar-refractivity contribution is 6.22. The fraction of sp³-hybridized carbons (Fsp3) is 0.400. The summed E-state index contributed by atoms with van der Waals surface area (Å²) < 4.78 is 0. The maximum Gasteiger partial charge on any atom is 0.262 e. The summed E-state index contributed by atoms with van der Waals surface area (Å²) in [6.07, 6.45) is 0. The third-order valence-electron chi connectivity index (χ3n) is 3.53. The Kier molecular flexibility index (Phi) is 4.37. The van der Waals surface area contributed by atoms with E-state index >= 15 is 0 Å². The van der Waals surface area contributed by atoms with Gasteiger partial charge < -0.3 is 10.6 Å². The van der Waals surface area contributed by atoms with Crippen molar-refractivity contribution in [2.24, 2.45) is 0 Å². The Bertz CT molecular complexity index is 598. The van der Waals surface area contributed by atoms with Gasteiger partial charge in [0.2, 0.25) is 5.91 Å². The fourth-order valence-corrected chi connectivity index (χ4v) is 2.12. The van der Waals surface area contributed by atoms with Crippen molar-refractivity contribution in [2.45, 2.75) is 19.9 Å². The first-order valence-electron chi connectivity index (χ1n) is 6.85. The molecule has 112 valence electrons. The van der Waals surface area contributed by atoms with Crippen LogP contribution in [-0.2, 0) is 4.79 Å². The highest BCUT2D eigenvalue weighted by Gasteiger charge is 2.36. The van der Waals surface area contributed by atoms with E-state index in [9.17, 15) is 14.4 Å². The zero-order valence-electron chi connectivity index (χ0n) is 12.4. The second-order valence-electron chi connectivity index (χ2n) is 5.24. The zero-order chi connectivity index (χ0) is 15.6. The molecule has 1 heterocycles. The quantitative estimate of drug-likeness (QED) is 0.765. The lowest BCUT2D eigenvalue weighted by atomic mass is 10.1. The average Bonchev–Trinajstić information content (AvgIpc) is 2.69. The molecule has 0 spiro atoms. The molecule has 6 heteroatoms. The van der Waals surface area contributed by atoms with Gasteiger partial charge in [-0.25, -0.2) is 0 Å². The molecule has 1 aliphatic heterocycles. The minimum atomic E-state index is -0.410. The molecule has 0 radical (unpaired) electrons. The standard InChI is InChI=1S/C15H19N3O3/c1-9-4-5-11-12(6-9)15(21)18(14(11)20)8-13(19)17-7-10(2)16-3/h4-6,10,16H,7-8H2,1-3H3,(H,17,19). The number of likely N-dealkylation sites (N-methyl/N-ethyl adjacent to an activating group) is 1. The first-order chi connectivity index (χ1) is 9.93. The molecule has 2 rings (SSSR count). The predicted octanol–water partition coefficient (Wildman–Crippen LogP) is 0.315. The summed E-state index contributed by atoms with van der Waals surface area (Å²) in [5.74, 6) is -1.16. The maximum absolute atomic E-state index is 12.2. The number of carbonyl (C=O) groups is 3. The molecular weight excluding hydrogens is 270 g/mol. The van der Waals surface area contributed by atoms with E-state index in [4.69, 9.17) is 0 Å². The van der Waals surface area contributed by atoms with Crippen LogP contribution in [-0.4, -0.2) is 48.8 Å². The predicted molar refractivity (Wildman–Crippen MR) is 78.1 cm³/mol. The topological polar surface area (TPSA) is 78.5 Å². The van der Waals surface area contributed by atoms with Crippen molar-refractivity contribution in [3.63, 3.8) is 0 Å². The SMILES string of the molecule is CNC(C)CNC(=O)CN1C(=O)c2ccc(C)cc2C1=O. The lowest BCUT2D eigenvalue weighted by Gasteiger charge is -2.15. The highest BCUT2D eigenvalue weighted by Crippen LogP contribution is 2.23. The van der Waals surface area contributed by atoms with Gasteiger partial charge in [-0.2, -0.15) is 0 Å². The van der Waals surface area contributed by atoms with E-state index in [1.54, 1.807) is 25.2 Å². The Labute approximate surface area is 123 Å². The molecule has 1 aromatic rings. The Hall–Kier alpha value is -2.21. The van der Waals surface area contributed by atoms with Crippen LogP contribution in [0.2, 0.25) is 0 Å². The Morgan fingerprint density at radius 1 is 1.24 bits per heavy atom. The number of hydrogen-bond acceptors (Lipinski definition) is 4. The number of carbonyl (C=O) groups excluding carboxylic acids is 3. The smallest absolute Gasteiger partial charge is 0.262 e. The second-order valence-corrected chi connectivity index (χ2v) is 5.24. The van der Waals surface area contributed by atoms with Crippen LogP contribution in [0.3, 0.4) is 0 Å². The van der Waals surface area contributed by atoms with Crippen molar-refractivity contribution < 1.29 is 14.4 Å². The lowest BCUT2D eigenvalue weighted by molar-refractivity contribution is -0.121. The van der Waals surface area contributed by atoms with Crippen LogP contribution in [0.4, 0.5) is 0 Å². The summed E-state index contributed by atoms with van der Waals surface area (Å²) in [7, 11) is 1.79. The normalized spacial score (nSPS) is 15.1. The number of rotatable bonds is 5. The molecule has 0 aliphatic carbocycles. The lowest BCUT2D eigenvalue weighted by Crippen LogP contribution is -2.44. The second kappa shape index (κ2) is 6.05. The van der Waals surface area contributed by atoms with Crippen molar-refractivity contribution in [3.05, 3.63) is 34.9 Å². The molecule has 3 amide bonds. The van der Waals surface area contributed by atoms with Gasteiger partial charge in [-0.3, -0.25) is 19.3 Å². The highest BCUT2D eigenvalue weighted by atomic mass is 16.2. The number of nitrogens with one attached hydrogen (secondary N) is 2. The largest absolute Gasteiger partial charge is 0.353 e. The molecule has 21 heavy (non-hydrogen) atoms. The molecular formula is C15H19N3O3. The van der Waals surface area contributed by atoms with Gasteiger partial charge in [-0.1, -0.05) is 11.6 Å². The summed E-state index contributed by atoms with van der Waals surface area (Å²) in [6, 6.07) is 5.21. The summed E-state index contributed by atoms with van der Waals surface area (Å²) in [5.41, 5.74) is 1.64. The van der Waals surface area contributed by atoms with E-state index in [1.807, 2.05) is 13.8 Å². The van der Waals surface area contributed by atoms with E-state index in [2.05, 4.69) is 10.6 Å². The monoisotopic (exact) mass is 289 g/mol. The van der Waals surface area contributed by atoms with Gasteiger partial charge in [0.05, 0.1) is 11.1 Å². The van der Waals surface area contributed by atoms with Gasteiger partial charge in [0, 0.05) is 12.6 Å². The Balaban J connectivity index is 2.05. The van der Waals surface area contributed by atoms with Crippen LogP contribution in [0.25, 0.3) is 0 Å². The molecule has 1 unspecified atom stereocenters. The minimum absolute atomic E-state index is 0.124. The molecule has 2 N–H and O–H groups in total. The van der Waals surface area contributed by atoms with E-state index in [-0.39, 0.29) is 18.5 Å². The number of benzene rings is 1. The summed E-state index contributed by atoms with van der Waals surface area (Å²) in [4.78, 5) is 37.2. The van der Waals surface area contributed by atoms with Crippen molar-refractivity contribution in [2.75, 3.05) is 20.1 Å². The van der Waals surface area contributed by atoms with Crippen LogP contribution >= 0.6 is 0 Å². The van der Waals surface area contributed by atoms with Gasteiger partial charge in [0.25, 0.3) is 11.8 Å². The van der Waals surface area contributed by atoms with E-state index < -0.39 is 11.8 Å². The zero-order valence-corrected chi connectivity index (χ0v) is 12.4. The third-order valence-corrected chi connectivity index (χ3v) is 3.53. The first kappa shape index (κ1) is 15.2. The molecule has 1 aromatic carbocycles. The van der Waals surface area contributed by atoms with Gasteiger partial charge in [-0.05, 0) is 33.0 Å². The number of aryl methyl sites for hydroxylation is 1. The van der Waals surface area contributed by atoms with Crippen LogP contribution in [0.15, 0.2) is 18.2 Å². The van der Waals surface area contributed by atoms with E-state index in [0.29, 0.717) is 17.7 Å². The van der Waals surface area contributed by atoms with Crippen molar-refractivity contribution in [1.82, 2.24) is 15.5 Å². The van der Waals surface area contributed by atoms with Crippen molar-refractivity contribution >= 4 is 17.7 Å². The van der Waals surface area contributed by atoms with Crippen LogP contribution in [0.5, 0.6) is 0 Å². The van der Waals surface area contributed by atoms with Crippen LogP contribution < -0.4 is 10.6 Å². The van der Waals surface area contributed by atoms with E-state index in [0.717, 1.165) is 10.5 Å². The number of nitrogens with zero attached hydrogens (tertiary/aromatic N) is 1.